The van der Waals surface area contributed by atoms with Gasteiger partial charge in [-0.05, 0) is 290 Å². The molecule has 13 aromatic rings. The van der Waals surface area contributed by atoms with Crippen LogP contribution in [0.1, 0.15) is 183 Å². The number of rotatable bonds is 14. The Morgan fingerprint density at radius 3 is 1.21 bits per heavy atom. The number of nitrogen functional groups attached to an aromatic ring is 2. The highest BCUT2D eigenvalue weighted by molar-refractivity contribution is 14.1. The van der Waals surface area contributed by atoms with E-state index in [1.807, 2.05) is 136 Å². The Kier molecular flexibility index (Phi) is 34.6. The maximum Gasteiger partial charge on any atom is 0.495 e. The van der Waals surface area contributed by atoms with Gasteiger partial charge in [-0.25, -0.2) is 32.2 Å². The Labute approximate surface area is 875 Å². The van der Waals surface area contributed by atoms with Gasteiger partial charge < -0.3 is 58.5 Å². The molecule has 0 amide bonds. The molecule has 0 bridgehead atoms. The van der Waals surface area contributed by atoms with Crippen LogP contribution in [0, 0.1) is 70.6 Å². The minimum Gasteiger partial charge on any atom is -0.492 e. The molecule has 2 fully saturated rings. The number of aryl methyl sites for hydroxylation is 13. The standard InChI is InChI=1S/C33H31FN2O5.C26H30BFO6.C14H22BNO2.C13H13IN2O.C13H15N3O.C5H4Cl2N2O.C5H5ClN2O/c1-18-11-20(21-13-30(37)36(3)35-16-21)12-19(2)32(18)25-7-9-27(34)33-26(25)8-10-28(33)41-23-5-6-24-22(14-31(38)39-4)17-40-29(24)15-23;1-25(2)26(3,4)34-27(33-25)19-9-10-20(28)24-18(19)8-11-21(24)32-16-6-7-17-15(12-23(29)30-5)14-31-22(17)13-16;1-9-7-11(8-10(2)12(9)16)15-17-13(3,4)14(5,6)18-15;2*1-8-4-10(5-9(2)13(8)14)11-6-12(17)16(3)15-7-11;1-9-5(10)4(7)3(6)2-8-9;1-8-5(9)2-4(6)3-7-8/h5-7,9,11-13,15-16,22,28H,8,10,14,17H2,1-4H3;6-7,9-10,13,15,21H,8,11-12,14H2,1-5H3;7-8H,16H2,1-6H3;4-7H,1-3H3;4-7H,14H2,1-3H3;2H,1H3;2-3H,1H3/t22-,28-;15-,21-;;;;;/m11...../s1. The van der Waals surface area contributed by atoms with E-state index in [9.17, 15) is 33.6 Å². The summed E-state index contributed by atoms with van der Waals surface area (Å²) in [6.45, 7) is 33.3. The van der Waals surface area contributed by atoms with Crippen LogP contribution in [0.3, 0.4) is 0 Å². The number of aromatic nitrogens is 10. The fourth-order valence-corrected chi connectivity index (χ4v) is 18.4. The lowest BCUT2D eigenvalue weighted by Crippen LogP contribution is -2.41. The van der Waals surface area contributed by atoms with E-state index in [4.69, 9.17) is 93.3 Å². The summed E-state index contributed by atoms with van der Waals surface area (Å²) in [6, 6.07) is 40.2. The second-order valence-corrected chi connectivity index (χ2v) is 41.2. The van der Waals surface area contributed by atoms with Crippen LogP contribution in [-0.2, 0) is 85.8 Å². The second kappa shape index (κ2) is 45.8. The number of ether oxygens (including phenoxy) is 6. The molecular weight excluding hydrogens is 2040 g/mol. The van der Waals surface area contributed by atoms with E-state index >= 15 is 8.78 Å². The molecule has 4 aliphatic heterocycles. The first-order valence-corrected chi connectivity index (χ1v) is 49.6. The predicted molar refractivity (Wildman–Crippen MR) is 574 cm³/mol. The van der Waals surface area contributed by atoms with Gasteiger partial charge in [0.05, 0.1) is 104 Å². The van der Waals surface area contributed by atoms with Crippen LogP contribution in [0.2, 0.25) is 15.1 Å². The number of esters is 2. The third kappa shape index (κ3) is 25.1. The maximum atomic E-state index is 15.3. The number of carbonyl (C=O) groups excluding carboxylic acids is 2. The van der Waals surface area contributed by atoms with Crippen LogP contribution in [0.25, 0.3) is 44.5 Å². The molecular formula is C109H120B2Cl3F2IN12O17. The van der Waals surface area contributed by atoms with Crippen molar-refractivity contribution in [1.82, 2.24) is 48.9 Å². The van der Waals surface area contributed by atoms with Gasteiger partial charge in [0.2, 0.25) is 0 Å². The summed E-state index contributed by atoms with van der Waals surface area (Å²) in [4.78, 5) is 80.2. The summed E-state index contributed by atoms with van der Waals surface area (Å²) in [5.41, 5.74) is 34.0. The zero-order valence-corrected chi connectivity index (χ0v) is 90.5. The Hall–Kier alpha value is -12.7. The summed E-state index contributed by atoms with van der Waals surface area (Å²) >= 11 is 18.7. The number of nitrogens with zero attached hydrogens (tertiary/aromatic N) is 10. The van der Waals surface area contributed by atoms with Gasteiger partial charge in [-0.1, -0.05) is 95.5 Å². The topological polar surface area (TPSA) is 353 Å². The van der Waals surface area contributed by atoms with Crippen LogP contribution in [0.4, 0.5) is 20.2 Å². The number of halogens is 6. The van der Waals surface area contributed by atoms with Gasteiger partial charge in [0, 0.05) is 137 Å². The smallest absolute Gasteiger partial charge is 0.492 e. The highest BCUT2D eigenvalue weighted by atomic mass is 127. The van der Waals surface area contributed by atoms with Crippen LogP contribution in [0.5, 0.6) is 23.0 Å². The molecule has 766 valence electrons. The number of nitrogens with two attached hydrogens (primary N) is 2. The molecule has 2 saturated heterocycles. The van der Waals surface area contributed by atoms with Gasteiger partial charge >= 0.3 is 26.2 Å². The number of benzene rings is 8. The molecule has 29 nitrogen and oxygen atoms in total. The van der Waals surface area contributed by atoms with Crippen molar-refractivity contribution in [2.45, 2.75) is 196 Å². The second-order valence-electron chi connectivity index (χ2n) is 38.9. The molecule has 4 N–H and O–H groups in total. The molecule has 0 unspecified atom stereocenters. The number of hydrogen-bond acceptors (Lipinski definition) is 24. The predicted octanol–water partition coefficient (Wildman–Crippen LogP) is 18.2. The van der Waals surface area contributed by atoms with Crippen molar-refractivity contribution in [2.24, 2.45) is 35.2 Å². The van der Waals surface area contributed by atoms with Crippen molar-refractivity contribution in [3.63, 3.8) is 0 Å². The van der Waals surface area contributed by atoms with Gasteiger partial charge in [0.1, 0.15) is 51.9 Å². The number of fused-ring (bicyclic) bond motifs is 4. The SMILES string of the molecule is COC(=O)C[C@@H]1COc2cc(O[C@@H]3CCc4c(-c5c(C)cc(-c6cnn(C)c(=O)c6)cc5C)ccc(F)c43)ccc21.COC(=O)C[C@@H]1COc2cc(O[C@@H]3CCc4c(B5OC(C)(C)C(C)(C)O5)ccc(F)c43)ccc21.Cc1cc(-c2cnn(C)c(=O)c2)cc(C)c1I.Cc1cc(-c2cnn(C)c(=O)c2)cc(C)c1N.Cc1cc(B2OC(C)(C)C(C)(C)O2)cc(C)c1N.Cn1ncc(Cl)c(Cl)c1=O.Cn1ncc(Cl)cc1=O. The first-order valence-electron chi connectivity index (χ1n) is 47.4. The summed E-state index contributed by atoms with van der Waals surface area (Å²) in [5, 5.41) is 20.1. The monoisotopic (exact) mass is 2160 g/mol. The first-order chi connectivity index (χ1) is 68.8. The zero-order valence-electron chi connectivity index (χ0n) is 86.0. The third-order valence-corrected chi connectivity index (χ3v) is 30.2. The Balaban J connectivity index is 0.000000152. The maximum absolute atomic E-state index is 15.3. The van der Waals surface area contributed by atoms with Crippen molar-refractivity contribution in [3.05, 3.63) is 324 Å². The van der Waals surface area contributed by atoms with Crippen LogP contribution in [0.15, 0.2) is 188 Å². The van der Waals surface area contributed by atoms with Crippen molar-refractivity contribution in [2.75, 3.05) is 38.9 Å². The van der Waals surface area contributed by atoms with E-state index in [-0.39, 0.29) is 104 Å². The molecule has 146 heavy (non-hydrogen) atoms. The fraction of sp³-hybridized carbons (Fsp3) is 0.358. The van der Waals surface area contributed by atoms with E-state index in [1.165, 1.54) is 85.3 Å². The van der Waals surface area contributed by atoms with Crippen LogP contribution < -0.4 is 69.1 Å². The summed E-state index contributed by atoms with van der Waals surface area (Å²) < 4.78 is 96.2. The van der Waals surface area contributed by atoms with Crippen LogP contribution >= 0.6 is 57.4 Å². The lowest BCUT2D eigenvalue weighted by molar-refractivity contribution is -0.142. The zero-order chi connectivity index (χ0) is 107. The van der Waals surface area contributed by atoms with Gasteiger partial charge in [-0.2, -0.15) is 25.5 Å². The summed E-state index contributed by atoms with van der Waals surface area (Å²) in [7, 11) is 9.88. The molecule has 4 atom stereocenters. The minimum atomic E-state index is -0.543. The molecule has 8 aromatic carbocycles. The third-order valence-electron chi connectivity index (χ3n) is 27.5. The highest BCUT2D eigenvalue weighted by Gasteiger charge is 2.54. The highest BCUT2D eigenvalue weighted by Crippen LogP contribution is 2.48. The lowest BCUT2D eigenvalue weighted by Gasteiger charge is -2.32. The van der Waals surface area contributed by atoms with E-state index in [0.717, 1.165) is 127 Å². The number of hydrogen-bond donors (Lipinski definition) is 2. The van der Waals surface area contributed by atoms with Gasteiger partial charge in [0.25, 0.3) is 27.8 Å². The van der Waals surface area contributed by atoms with Gasteiger partial charge in [-0.15, -0.1) is 0 Å². The van der Waals surface area contributed by atoms with Gasteiger partial charge in [0.15, 0.2) is 0 Å². The number of methoxy groups -OCH3 is 2. The molecule has 19 rings (SSSR count). The van der Waals surface area contributed by atoms with E-state index in [2.05, 4.69) is 114 Å². The molecule has 0 spiro atoms. The van der Waals surface area contributed by atoms with Crippen molar-refractivity contribution in [1.29, 1.82) is 0 Å². The van der Waals surface area contributed by atoms with Crippen LogP contribution in [-0.4, -0.2) is 125 Å². The molecule has 0 saturated carbocycles. The normalized spacial score (nSPS) is 16.7. The van der Waals surface area contributed by atoms with E-state index in [0.29, 0.717) is 78.0 Å². The molecule has 9 heterocycles. The van der Waals surface area contributed by atoms with Gasteiger partial charge in [-0.3, -0.25) is 33.6 Å². The molecule has 5 aromatic heterocycles. The summed E-state index contributed by atoms with van der Waals surface area (Å²) in [5.74, 6) is 1.39. The quantitative estimate of drug-likeness (QED) is 0.0442. The minimum absolute atomic E-state index is 0.0131. The molecule has 2 aliphatic carbocycles. The Morgan fingerprint density at radius 1 is 0.445 bits per heavy atom. The van der Waals surface area contributed by atoms with E-state index in [1.54, 1.807) is 71.0 Å². The average Bonchev–Trinajstić information content (AvgIpc) is 1.58. The Bertz CT molecular complexity index is 7270. The number of carbonyl (C=O) groups is 2. The molecule has 37 heteroatoms. The lowest BCUT2D eigenvalue weighted by atomic mass is 9.75. The average molecular weight is 2160 g/mol. The molecule has 0 radical (unpaired) electrons. The van der Waals surface area contributed by atoms with Crippen molar-refractivity contribution >= 4 is 106 Å². The van der Waals surface area contributed by atoms with Crippen molar-refractivity contribution < 1.29 is 65.4 Å². The van der Waals surface area contributed by atoms with Crippen molar-refractivity contribution in [3.8, 4) is 67.5 Å². The Morgan fingerprint density at radius 2 is 0.808 bits per heavy atom. The fourth-order valence-electron chi connectivity index (χ4n) is 17.7. The van der Waals surface area contributed by atoms with E-state index < -0.39 is 30.5 Å². The summed E-state index contributed by atoms with van der Waals surface area (Å²) in [6.07, 6.45) is 10.2. The number of anilines is 2. The molecule has 6 aliphatic rings. The largest absolute Gasteiger partial charge is 0.495 e. The first kappa shape index (κ1) is 111.